The molecule has 3 rings (SSSR count). The first-order valence-corrected chi connectivity index (χ1v) is 7.14. The summed E-state index contributed by atoms with van der Waals surface area (Å²) in [5, 5.41) is 0. The summed E-state index contributed by atoms with van der Waals surface area (Å²) in [7, 11) is 0. The maximum atomic E-state index is 13.0. The Labute approximate surface area is 158 Å². The minimum Gasteiger partial charge on any atom is -0.166 e. The fourth-order valence-electron chi connectivity index (χ4n) is 2.90. The van der Waals surface area contributed by atoms with Crippen LogP contribution in [0, 0.1) is 0 Å². The lowest BCUT2D eigenvalue weighted by atomic mass is 9.94. The second kappa shape index (κ2) is 7.53. The van der Waals surface area contributed by atoms with E-state index in [1.807, 2.05) is 13.0 Å². The van der Waals surface area contributed by atoms with Gasteiger partial charge in [0.05, 0.1) is 11.1 Å². The van der Waals surface area contributed by atoms with E-state index in [-0.39, 0.29) is 36.4 Å². The molecule has 0 unspecified atom stereocenters. The van der Waals surface area contributed by atoms with Gasteiger partial charge in [-0.05, 0) is 53.8 Å². The molecule has 0 heterocycles. The quantitative estimate of drug-likeness (QED) is 0.433. The van der Waals surface area contributed by atoms with Gasteiger partial charge in [0.2, 0.25) is 0 Å². The molecule has 8 heteroatoms. The van der Waals surface area contributed by atoms with Crippen molar-refractivity contribution in [3.8, 4) is 11.1 Å². The molecule has 0 aliphatic heterocycles. The highest BCUT2D eigenvalue weighted by Crippen LogP contribution is 2.41. The topological polar surface area (TPSA) is 0 Å². The Bertz CT molecular complexity index is 802. The lowest BCUT2D eigenvalue weighted by Gasteiger charge is -2.15. The fourth-order valence-corrected chi connectivity index (χ4v) is 2.90. The summed E-state index contributed by atoms with van der Waals surface area (Å²) in [5.41, 5.74) is 0.284. The molecule has 0 aromatic heterocycles. The van der Waals surface area contributed by atoms with Gasteiger partial charge in [-0.2, -0.15) is 26.3 Å². The fraction of sp³-hybridized carbons (Fsp3) is 0.222. The van der Waals surface area contributed by atoms with Crippen LogP contribution in [-0.4, -0.2) is 0 Å². The molecular formula is C18H14Cl2F6. The summed E-state index contributed by atoms with van der Waals surface area (Å²) < 4.78 is 78.1. The van der Waals surface area contributed by atoms with E-state index in [1.54, 1.807) is 18.2 Å². The second-order valence-electron chi connectivity index (χ2n) is 5.84. The third-order valence-corrected chi connectivity index (χ3v) is 3.96. The highest BCUT2D eigenvalue weighted by atomic mass is 35.5. The predicted octanol–water partition coefficient (Wildman–Crippen LogP) is 7.19. The van der Waals surface area contributed by atoms with Crippen molar-refractivity contribution < 1.29 is 26.3 Å². The van der Waals surface area contributed by atoms with Crippen LogP contribution in [0.3, 0.4) is 0 Å². The smallest absolute Gasteiger partial charge is 0.166 e. The molecule has 2 aromatic rings. The number of benzene rings is 2. The number of alkyl halides is 6. The average molecular weight is 415 g/mol. The molecule has 1 aliphatic carbocycles. The van der Waals surface area contributed by atoms with Crippen LogP contribution in [-0.2, 0) is 18.8 Å². The summed E-state index contributed by atoms with van der Waals surface area (Å²) >= 11 is 0. The van der Waals surface area contributed by atoms with Gasteiger partial charge in [0.15, 0.2) is 0 Å². The first-order chi connectivity index (χ1) is 11.1. The highest BCUT2D eigenvalue weighted by molar-refractivity contribution is 5.85. The molecule has 0 saturated heterocycles. The number of fused-ring (bicyclic) bond motifs is 1. The van der Waals surface area contributed by atoms with E-state index in [9.17, 15) is 26.3 Å². The van der Waals surface area contributed by atoms with E-state index >= 15 is 0 Å². The van der Waals surface area contributed by atoms with Crippen LogP contribution >= 0.6 is 24.8 Å². The number of rotatable bonds is 1. The van der Waals surface area contributed by atoms with Crippen LogP contribution in [0.5, 0.6) is 0 Å². The van der Waals surface area contributed by atoms with E-state index in [4.69, 9.17) is 0 Å². The molecule has 142 valence electrons. The zero-order valence-electron chi connectivity index (χ0n) is 13.3. The lowest BCUT2D eigenvalue weighted by Crippen LogP contribution is -2.11. The van der Waals surface area contributed by atoms with Crippen molar-refractivity contribution in [2.75, 3.05) is 0 Å². The van der Waals surface area contributed by atoms with Crippen molar-refractivity contribution in [1.82, 2.24) is 0 Å². The van der Waals surface area contributed by atoms with Gasteiger partial charge >= 0.3 is 12.4 Å². The third-order valence-electron chi connectivity index (χ3n) is 3.96. The van der Waals surface area contributed by atoms with E-state index in [2.05, 4.69) is 0 Å². The van der Waals surface area contributed by atoms with Gasteiger partial charge in [0.25, 0.3) is 0 Å². The van der Waals surface area contributed by atoms with Gasteiger partial charge in [-0.15, -0.1) is 24.8 Å². The van der Waals surface area contributed by atoms with Gasteiger partial charge < -0.3 is 0 Å². The maximum absolute atomic E-state index is 13.0. The second-order valence-corrected chi connectivity index (χ2v) is 5.84. The van der Waals surface area contributed by atoms with Crippen molar-refractivity contribution in [3.63, 3.8) is 0 Å². The van der Waals surface area contributed by atoms with Crippen LogP contribution in [0.2, 0.25) is 0 Å². The van der Waals surface area contributed by atoms with Gasteiger partial charge in [-0.25, -0.2) is 0 Å². The largest absolute Gasteiger partial charge is 0.416 e. The molecule has 0 nitrogen and oxygen atoms in total. The van der Waals surface area contributed by atoms with Crippen molar-refractivity contribution in [3.05, 3.63) is 64.2 Å². The van der Waals surface area contributed by atoms with E-state index in [1.165, 1.54) is 0 Å². The van der Waals surface area contributed by atoms with E-state index in [0.29, 0.717) is 17.5 Å². The monoisotopic (exact) mass is 414 g/mol. The summed E-state index contributed by atoms with van der Waals surface area (Å²) in [4.78, 5) is 0. The highest BCUT2D eigenvalue weighted by Gasteiger charge is 2.37. The first kappa shape index (κ1) is 22.4. The average Bonchev–Trinajstić information content (AvgIpc) is 2.84. The van der Waals surface area contributed by atoms with Crippen LogP contribution in [0.1, 0.15) is 29.2 Å². The normalized spacial score (nSPS) is 13.4. The van der Waals surface area contributed by atoms with Crippen LogP contribution < -0.4 is 0 Å². The minimum absolute atomic E-state index is 0. The Morgan fingerprint density at radius 2 is 1.35 bits per heavy atom. The van der Waals surface area contributed by atoms with Crippen LogP contribution in [0.25, 0.3) is 17.2 Å². The summed E-state index contributed by atoms with van der Waals surface area (Å²) in [6.07, 6.45) is -7.24. The van der Waals surface area contributed by atoms with E-state index < -0.39 is 23.5 Å². The molecule has 0 N–H and O–H groups in total. The van der Waals surface area contributed by atoms with Crippen molar-refractivity contribution in [2.24, 2.45) is 0 Å². The third kappa shape index (κ3) is 4.35. The standard InChI is InChI=1S/C18H12F6.2ClH/c1-10-5-11-3-2-4-15(16(11)6-10)12-7-13(17(19,20)21)9-14(8-12)18(22,23)24;;/h2-4,6-9H,5H2,1H3;2*1H. The van der Waals surface area contributed by atoms with Crippen molar-refractivity contribution in [1.29, 1.82) is 0 Å². The van der Waals surface area contributed by atoms with Crippen molar-refractivity contribution in [2.45, 2.75) is 25.7 Å². The zero-order valence-corrected chi connectivity index (χ0v) is 15.0. The molecule has 0 fully saturated rings. The zero-order chi connectivity index (χ0) is 17.7. The van der Waals surface area contributed by atoms with Gasteiger partial charge in [-0.3, -0.25) is 0 Å². The van der Waals surface area contributed by atoms with E-state index in [0.717, 1.165) is 23.3 Å². The molecule has 2 aromatic carbocycles. The Balaban J connectivity index is 0.00000169. The minimum atomic E-state index is -4.85. The van der Waals surface area contributed by atoms with Crippen LogP contribution in [0.15, 0.2) is 42.0 Å². The number of hydrogen-bond donors (Lipinski definition) is 0. The molecule has 0 radical (unpaired) electrons. The number of allylic oxidation sites excluding steroid dienone is 1. The molecule has 0 spiro atoms. The number of halogens is 8. The maximum Gasteiger partial charge on any atom is 0.416 e. The lowest BCUT2D eigenvalue weighted by molar-refractivity contribution is -0.143. The summed E-state index contributed by atoms with van der Waals surface area (Å²) in [6, 6.07) is 6.70. The molecule has 0 atom stereocenters. The Morgan fingerprint density at radius 3 is 1.85 bits per heavy atom. The molecule has 0 amide bonds. The molecular weight excluding hydrogens is 401 g/mol. The Kier molecular flexibility index (Phi) is 6.48. The summed E-state index contributed by atoms with van der Waals surface area (Å²) in [6.45, 7) is 1.87. The molecule has 0 saturated carbocycles. The Morgan fingerprint density at radius 1 is 0.808 bits per heavy atom. The summed E-state index contributed by atoms with van der Waals surface area (Å²) in [5.74, 6) is 0. The number of hydrogen-bond acceptors (Lipinski definition) is 0. The van der Waals surface area contributed by atoms with Gasteiger partial charge in [-0.1, -0.05) is 29.8 Å². The molecule has 26 heavy (non-hydrogen) atoms. The van der Waals surface area contributed by atoms with Gasteiger partial charge in [0, 0.05) is 0 Å². The SMILES string of the molecule is CC1=Cc2c(cccc2-c2cc(C(F)(F)F)cc(C(F)(F)F)c2)C1.Cl.Cl. The van der Waals surface area contributed by atoms with Crippen LogP contribution in [0.4, 0.5) is 26.3 Å². The van der Waals surface area contributed by atoms with Gasteiger partial charge in [0.1, 0.15) is 0 Å². The predicted molar refractivity (Wildman–Crippen MR) is 93.7 cm³/mol. The van der Waals surface area contributed by atoms with Crippen molar-refractivity contribution >= 4 is 30.9 Å². The first-order valence-electron chi connectivity index (χ1n) is 7.14. The molecule has 1 aliphatic rings. The molecule has 0 bridgehead atoms. The Hall–Kier alpha value is -1.66.